The van der Waals surface area contributed by atoms with Crippen LogP contribution in [0.1, 0.15) is 46.0 Å². The molecule has 15 heavy (non-hydrogen) atoms. The Labute approximate surface area is 102 Å². The summed E-state index contributed by atoms with van der Waals surface area (Å²) < 4.78 is 0. The number of nitrogens with zero attached hydrogens (tertiary/aromatic N) is 1. The molecule has 0 aliphatic carbocycles. The summed E-state index contributed by atoms with van der Waals surface area (Å²) in [6.45, 7) is 6.07. The summed E-state index contributed by atoms with van der Waals surface area (Å²) in [5.74, 6) is 0.662. The molecule has 88 valence electrons. The molecular weight excluding hydrogens is 254 g/mol. The van der Waals surface area contributed by atoms with E-state index in [9.17, 15) is 4.79 Å². The molecule has 1 aliphatic rings. The van der Waals surface area contributed by atoms with Crippen molar-refractivity contribution in [2.75, 3.05) is 13.1 Å². The molecule has 0 bridgehead atoms. The lowest BCUT2D eigenvalue weighted by Crippen LogP contribution is -2.40. The normalized spacial score (nSPS) is 20.9. The number of amides is 1. The van der Waals surface area contributed by atoms with Crippen LogP contribution in [0.15, 0.2) is 0 Å². The summed E-state index contributed by atoms with van der Waals surface area (Å²) in [5.41, 5.74) is 0. The van der Waals surface area contributed by atoms with Crippen LogP contribution < -0.4 is 0 Å². The molecule has 0 saturated carbocycles. The van der Waals surface area contributed by atoms with Gasteiger partial charge in [-0.05, 0) is 18.8 Å². The van der Waals surface area contributed by atoms with E-state index in [1.54, 1.807) is 0 Å². The summed E-state index contributed by atoms with van der Waals surface area (Å²) in [4.78, 5) is 14.1. The third-order valence-electron chi connectivity index (χ3n) is 2.99. The predicted octanol–water partition coefficient (Wildman–Crippen LogP) is 3.20. The van der Waals surface area contributed by atoms with Gasteiger partial charge >= 0.3 is 0 Å². The Kier molecular flexibility index (Phi) is 5.65. The van der Waals surface area contributed by atoms with Crippen molar-refractivity contribution in [3.05, 3.63) is 0 Å². The molecule has 1 fully saturated rings. The minimum absolute atomic E-state index is 0.00285. The summed E-state index contributed by atoms with van der Waals surface area (Å²) in [7, 11) is 0. The van der Waals surface area contributed by atoms with Gasteiger partial charge in [0.25, 0.3) is 0 Å². The topological polar surface area (TPSA) is 20.3 Å². The first kappa shape index (κ1) is 13.0. The number of carbonyl (C=O) groups is 1. The highest BCUT2D eigenvalue weighted by atomic mass is 79.9. The number of alkyl halides is 1. The molecule has 0 aromatic rings. The number of hydrogen-bond donors (Lipinski definition) is 0. The largest absolute Gasteiger partial charge is 0.342 e. The second kappa shape index (κ2) is 6.51. The standard InChI is InChI=1S/C12H22BrNO/c1-10(2)11(13)12(15)14-8-6-4-3-5-7-9-14/h10-11H,3-9H2,1-2H3. The molecule has 1 atom stereocenters. The SMILES string of the molecule is CC(C)C(Br)C(=O)N1CCCCCCC1. The molecule has 1 rings (SSSR count). The fourth-order valence-corrected chi connectivity index (χ4v) is 2.22. The fourth-order valence-electron chi connectivity index (χ4n) is 1.93. The van der Waals surface area contributed by atoms with Crippen molar-refractivity contribution < 1.29 is 4.79 Å². The lowest BCUT2D eigenvalue weighted by atomic mass is 10.1. The third-order valence-corrected chi connectivity index (χ3v) is 4.44. The van der Waals surface area contributed by atoms with Gasteiger partial charge in [-0.3, -0.25) is 4.79 Å². The van der Waals surface area contributed by atoms with E-state index in [1.807, 2.05) is 4.90 Å². The molecule has 2 nitrogen and oxygen atoms in total. The highest BCUT2D eigenvalue weighted by molar-refractivity contribution is 9.10. The lowest BCUT2D eigenvalue weighted by Gasteiger charge is -2.28. The summed E-state index contributed by atoms with van der Waals surface area (Å²) in [6, 6.07) is 0. The molecule has 0 radical (unpaired) electrons. The Bertz CT molecular complexity index is 198. The van der Waals surface area contributed by atoms with E-state index >= 15 is 0 Å². The Balaban J connectivity index is 2.48. The molecule has 0 aromatic heterocycles. The van der Waals surface area contributed by atoms with E-state index in [1.165, 1.54) is 32.1 Å². The zero-order valence-corrected chi connectivity index (χ0v) is 11.4. The molecule has 1 saturated heterocycles. The maximum Gasteiger partial charge on any atom is 0.236 e. The zero-order chi connectivity index (χ0) is 11.3. The fraction of sp³-hybridized carbons (Fsp3) is 0.917. The first-order valence-corrected chi connectivity index (χ1v) is 6.97. The van der Waals surface area contributed by atoms with Crippen LogP contribution in [-0.4, -0.2) is 28.7 Å². The van der Waals surface area contributed by atoms with Gasteiger partial charge in [-0.25, -0.2) is 0 Å². The van der Waals surface area contributed by atoms with Crippen molar-refractivity contribution in [1.82, 2.24) is 4.90 Å². The van der Waals surface area contributed by atoms with Crippen molar-refractivity contribution in [2.24, 2.45) is 5.92 Å². The second-order valence-corrected chi connectivity index (χ2v) is 5.73. The van der Waals surface area contributed by atoms with Gasteiger partial charge in [0.05, 0.1) is 4.83 Å². The highest BCUT2D eigenvalue weighted by Crippen LogP contribution is 2.18. The monoisotopic (exact) mass is 275 g/mol. The van der Waals surface area contributed by atoms with Gasteiger partial charge < -0.3 is 4.90 Å². The maximum absolute atomic E-state index is 12.1. The van der Waals surface area contributed by atoms with Crippen molar-refractivity contribution in [2.45, 2.75) is 50.8 Å². The van der Waals surface area contributed by atoms with E-state index in [2.05, 4.69) is 29.8 Å². The van der Waals surface area contributed by atoms with Gasteiger partial charge in [-0.15, -0.1) is 0 Å². The van der Waals surface area contributed by atoms with Crippen LogP contribution in [0.4, 0.5) is 0 Å². The van der Waals surface area contributed by atoms with Crippen LogP contribution in [0.25, 0.3) is 0 Å². The van der Waals surface area contributed by atoms with E-state index in [0.717, 1.165) is 13.1 Å². The van der Waals surface area contributed by atoms with Gasteiger partial charge in [0.1, 0.15) is 0 Å². The van der Waals surface area contributed by atoms with E-state index in [0.29, 0.717) is 5.92 Å². The van der Waals surface area contributed by atoms with Crippen LogP contribution >= 0.6 is 15.9 Å². The van der Waals surface area contributed by atoms with Gasteiger partial charge in [0, 0.05) is 13.1 Å². The average molecular weight is 276 g/mol. The van der Waals surface area contributed by atoms with Gasteiger partial charge in [-0.1, -0.05) is 49.0 Å². The third kappa shape index (κ3) is 4.13. The van der Waals surface area contributed by atoms with Gasteiger partial charge in [-0.2, -0.15) is 0 Å². The van der Waals surface area contributed by atoms with Crippen molar-refractivity contribution in [3.63, 3.8) is 0 Å². The Morgan fingerprint density at radius 2 is 1.53 bits per heavy atom. The molecule has 1 amide bonds. The number of hydrogen-bond acceptors (Lipinski definition) is 1. The van der Waals surface area contributed by atoms with E-state index < -0.39 is 0 Å². The molecule has 1 heterocycles. The molecule has 1 aliphatic heterocycles. The van der Waals surface area contributed by atoms with E-state index in [4.69, 9.17) is 0 Å². The molecule has 0 spiro atoms. The summed E-state index contributed by atoms with van der Waals surface area (Å²) >= 11 is 3.50. The smallest absolute Gasteiger partial charge is 0.236 e. The number of carbonyl (C=O) groups excluding carboxylic acids is 1. The summed E-state index contributed by atoms with van der Waals surface area (Å²) in [6.07, 6.45) is 6.23. The van der Waals surface area contributed by atoms with Crippen LogP contribution in [0.2, 0.25) is 0 Å². The first-order valence-electron chi connectivity index (χ1n) is 6.06. The van der Waals surface area contributed by atoms with Crippen molar-refractivity contribution in [1.29, 1.82) is 0 Å². The highest BCUT2D eigenvalue weighted by Gasteiger charge is 2.24. The number of halogens is 1. The molecule has 3 heteroatoms. The molecule has 0 aromatic carbocycles. The molecule has 0 N–H and O–H groups in total. The van der Waals surface area contributed by atoms with Crippen LogP contribution in [0.5, 0.6) is 0 Å². The summed E-state index contributed by atoms with van der Waals surface area (Å²) in [5, 5.41) is 0. The van der Waals surface area contributed by atoms with E-state index in [-0.39, 0.29) is 10.7 Å². The van der Waals surface area contributed by atoms with Crippen molar-refractivity contribution in [3.8, 4) is 0 Å². The second-order valence-electron chi connectivity index (χ2n) is 4.74. The van der Waals surface area contributed by atoms with Gasteiger partial charge in [0.15, 0.2) is 0 Å². The number of rotatable bonds is 2. The van der Waals surface area contributed by atoms with Crippen LogP contribution in [0.3, 0.4) is 0 Å². The maximum atomic E-state index is 12.1. The Hall–Kier alpha value is -0.0500. The Morgan fingerprint density at radius 1 is 1.07 bits per heavy atom. The minimum atomic E-state index is -0.00285. The zero-order valence-electron chi connectivity index (χ0n) is 9.84. The average Bonchev–Trinajstić information content (AvgIpc) is 2.15. The molecule has 1 unspecified atom stereocenters. The lowest BCUT2D eigenvalue weighted by molar-refractivity contribution is -0.131. The Morgan fingerprint density at radius 3 is 2.00 bits per heavy atom. The number of likely N-dealkylation sites (tertiary alicyclic amines) is 1. The predicted molar refractivity (Wildman–Crippen MR) is 67.2 cm³/mol. The quantitative estimate of drug-likeness (QED) is 0.709. The molecular formula is C12H22BrNO. The van der Waals surface area contributed by atoms with Crippen LogP contribution in [-0.2, 0) is 4.79 Å². The first-order chi connectivity index (χ1) is 7.13. The minimum Gasteiger partial charge on any atom is -0.342 e. The van der Waals surface area contributed by atoms with Gasteiger partial charge in [0.2, 0.25) is 5.91 Å². The van der Waals surface area contributed by atoms with Crippen molar-refractivity contribution >= 4 is 21.8 Å². The van der Waals surface area contributed by atoms with Crippen LogP contribution in [0, 0.1) is 5.92 Å².